The van der Waals surface area contributed by atoms with Crippen molar-refractivity contribution in [3.63, 3.8) is 0 Å². The first-order valence-electron chi connectivity index (χ1n) is 19.8. The Morgan fingerprint density at radius 1 is 0.696 bits per heavy atom. The van der Waals surface area contributed by atoms with Gasteiger partial charge >= 0.3 is 0 Å². The average molecular weight is 755 g/mol. The number of rotatable bonds is 8. The van der Waals surface area contributed by atoms with Gasteiger partial charge in [-0.25, -0.2) is 4.98 Å². The smallest absolute Gasteiger partial charge is 0.143 e. The molecule has 6 aromatic carbocycles. The van der Waals surface area contributed by atoms with E-state index in [0.717, 1.165) is 65.1 Å². The maximum absolute atomic E-state index is 10.8. The molecule has 2 aromatic heterocycles. The Labute approximate surface area is 334 Å². The van der Waals surface area contributed by atoms with Crippen LogP contribution >= 0.6 is 11.3 Å². The number of thiazole rings is 1. The Hall–Kier alpha value is -5.52. The summed E-state index contributed by atoms with van der Waals surface area (Å²) in [6.45, 7) is 20.3. The summed E-state index contributed by atoms with van der Waals surface area (Å²) in [6.07, 6.45) is 1.77. The molecule has 0 atom stereocenters. The van der Waals surface area contributed by atoms with Crippen LogP contribution in [0.5, 0.6) is 5.75 Å². The lowest BCUT2D eigenvalue weighted by molar-refractivity contribution is 0.473. The van der Waals surface area contributed by atoms with Gasteiger partial charge in [-0.3, -0.25) is 4.99 Å². The van der Waals surface area contributed by atoms with Crippen molar-refractivity contribution in [3.05, 3.63) is 137 Å². The lowest BCUT2D eigenvalue weighted by Gasteiger charge is -2.23. The number of benzene rings is 6. The number of hydrogen-bond donors (Lipinski definition) is 1. The van der Waals surface area contributed by atoms with Crippen LogP contribution in [0.3, 0.4) is 0 Å². The van der Waals surface area contributed by atoms with Gasteiger partial charge in [0, 0.05) is 39.2 Å². The van der Waals surface area contributed by atoms with Crippen molar-refractivity contribution in [2.75, 3.05) is 0 Å². The van der Waals surface area contributed by atoms with Gasteiger partial charge < -0.3 is 9.52 Å². The summed E-state index contributed by atoms with van der Waals surface area (Å²) in [5.74, 6) is 1.31. The molecule has 0 unspecified atom stereocenters. The zero-order valence-electron chi connectivity index (χ0n) is 33.9. The van der Waals surface area contributed by atoms with Gasteiger partial charge in [-0.2, -0.15) is 0 Å². The second-order valence-corrected chi connectivity index (χ2v) is 18.0. The van der Waals surface area contributed by atoms with Crippen LogP contribution < -0.4 is 0 Å². The second-order valence-electron chi connectivity index (χ2n) is 17.0. The molecule has 0 aliphatic heterocycles. The minimum atomic E-state index is -0.0548. The number of aromatic nitrogens is 1. The molecular weight excluding hydrogens is 705 g/mol. The standard InChI is InChI=1S/C51H50N2O2S/c1-29(2)32-24-40(30(3)4)47(41(25-32)31(5)6)33-26-42(38-18-14-17-37-36-15-11-13-20-45(36)55-49(37)38)48-46(27-33)56-50(53-48)39-16-10-12-19-43(39)52-28-34-23-35(51(7,8)9)21-22-44(34)54/h10-31,54H,1-9H3. The number of para-hydroxylation sites is 3. The molecule has 0 saturated heterocycles. The predicted molar refractivity (Wildman–Crippen MR) is 240 cm³/mol. The Bertz CT molecular complexity index is 2760. The zero-order valence-corrected chi connectivity index (χ0v) is 34.7. The SMILES string of the molecule is CC(C)c1cc(C(C)C)c(-c2cc(-c3cccc4c3oc3ccccc34)c3nc(-c4ccccc4N=Cc4cc(C(C)(C)C)ccc4O)sc3c2)c(C(C)C)c1. The Morgan fingerprint density at radius 2 is 1.38 bits per heavy atom. The van der Waals surface area contributed by atoms with E-state index in [2.05, 4.69) is 123 Å². The van der Waals surface area contributed by atoms with Crippen molar-refractivity contribution in [2.45, 2.75) is 85.5 Å². The normalized spacial score (nSPS) is 12.5. The van der Waals surface area contributed by atoms with E-state index in [1.807, 2.05) is 42.5 Å². The number of nitrogens with zero attached hydrogens (tertiary/aromatic N) is 2. The van der Waals surface area contributed by atoms with Crippen LogP contribution in [0.25, 0.3) is 65.0 Å². The molecule has 0 amide bonds. The molecule has 56 heavy (non-hydrogen) atoms. The van der Waals surface area contributed by atoms with Gasteiger partial charge in [0.15, 0.2) is 0 Å². The molecule has 4 nitrogen and oxygen atoms in total. The topological polar surface area (TPSA) is 58.6 Å². The van der Waals surface area contributed by atoms with E-state index in [1.54, 1.807) is 23.6 Å². The zero-order chi connectivity index (χ0) is 39.5. The summed E-state index contributed by atoms with van der Waals surface area (Å²) in [5, 5.41) is 13.9. The lowest BCUT2D eigenvalue weighted by atomic mass is 9.81. The number of hydrogen-bond acceptors (Lipinski definition) is 5. The molecule has 0 saturated carbocycles. The van der Waals surface area contributed by atoms with E-state index in [1.165, 1.54) is 27.8 Å². The third kappa shape index (κ3) is 6.83. The molecule has 1 N–H and O–H groups in total. The molecule has 0 radical (unpaired) electrons. The molecule has 8 rings (SSSR count). The molecule has 5 heteroatoms. The summed E-state index contributed by atoms with van der Waals surface area (Å²) in [7, 11) is 0. The number of aliphatic imine (C=N–C) groups is 1. The first-order chi connectivity index (χ1) is 26.8. The lowest BCUT2D eigenvalue weighted by Crippen LogP contribution is -2.11. The van der Waals surface area contributed by atoms with Crippen molar-refractivity contribution < 1.29 is 9.52 Å². The molecule has 0 aliphatic rings. The number of phenolic OH excluding ortho intramolecular Hbond substituents is 1. The van der Waals surface area contributed by atoms with Gasteiger partial charge in [0.05, 0.1) is 15.9 Å². The molecule has 2 heterocycles. The largest absolute Gasteiger partial charge is 0.507 e. The van der Waals surface area contributed by atoms with E-state index in [0.29, 0.717) is 23.3 Å². The summed E-state index contributed by atoms with van der Waals surface area (Å²) >= 11 is 1.69. The minimum Gasteiger partial charge on any atom is -0.507 e. The van der Waals surface area contributed by atoms with Gasteiger partial charge in [-0.15, -0.1) is 11.3 Å². The quantitative estimate of drug-likeness (QED) is 0.157. The van der Waals surface area contributed by atoms with Gasteiger partial charge in [0.2, 0.25) is 0 Å². The van der Waals surface area contributed by atoms with Crippen molar-refractivity contribution in [1.82, 2.24) is 4.98 Å². The van der Waals surface area contributed by atoms with E-state index in [9.17, 15) is 5.11 Å². The van der Waals surface area contributed by atoms with E-state index in [-0.39, 0.29) is 11.2 Å². The van der Waals surface area contributed by atoms with Gasteiger partial charge in [-0.1, -0.05) is 129 Å². The van der Waals surface area contributed by atoms with E-state index < -0.39 is 0 Å². The number of phenols is 1. The van der Waals surface area contributed by atoms with Crippen LogP contribution in [0.4, 0.5) is 5.69 Å². The van der Waals surface area contributed by atoms with Crippen LogP contribution in [0, 0.1) is 0 Å². The third-order valence-corrected chi connectivity index (χ3v) is 12.0. The Morgan fingerprint density at radius 3 is 2.09 bits per heavy atom. The number of fused-ring (bicyclic) bond motifs is 4. The fraction of sp³-hybridized carbons (Fsp3) is 0.255. The second kappa shape index (κ2) is 14.5. The van der Waals surface area contributed by atoms with Crippen molar-refractivity contribution in [1.29, 1.82) is 0 Å². The summed E-state index contributed by atoms with van der Waals surface area (Å²) in [4.78, 5) is 10.4. The highest BCUT2D eigenvalue weighted by molar-refractivity contribution is 7.21. The molecule has 0 bridgehead atoms. The highest BCUT2D eigenvalue weighted by atomic mass is 32.1. The van der Waals surface area contributed by atoms with Gasteiger partial charge in [0.1, 0.15) is 21.9 Å². The average Bonchev–Trinajstić information content (AvgIpc) is 3.78. The minimum absolute atomic E-state index is 0.0548. The highest BCUT2D eigenvalue weighted by Crippen LogP contribution is 2.47. The van der Waals surface area contributed by atoms with Gasteiger partial charge in [0.25, 0.3) is 0 Å². The van der Waals surface area contributed by atoms with Crippen LogP contribution in [-0.4, -0.2) is 16.3 Å². The Balaban J connectivity index is 1.37. The predicted octanol–water partition coefficient (Wildman–Crippen LogP) is 15.3. The van der Waals surface area contributed by atoms with Crippen molar-refractivity contribution in [3.8, 4) is 38.6 Å². The number of aromatic hydroxyl groups is 1. The molecule has 282 valence electrons. The molecular formula is C51H50N2O2S. The monoisotopic (exact) mass is 754 g/mol. The summed E-state index contributed by atoms with van der Waals surface area (Å²) in [6, 6.07) is 38.2. The fourth-order valence-corrected chi connectivity index (χ4v) is 8.84. The molecule has 0 aliphatic carbocycles. The first kappa shape index (κ1) is 37.4. The van der Waals surface area contributed by atoms with E-state index in [4.69, 9.17) is 14.4 Å². The number of furan rings is 1. The summed E-state index contributed by atoms with van der Waals surface area (Å²) in [5.41, 5.74) is 14.9. The maximum atomic E-state index is 10.8. The molecule has 8 aromatic rings. The van der Waals surface area contributed by atoms with E-state index >= 15 is 0 Å². The van der Waals surface area contributed by atoms with Crippen molar-refractivity contribution in [2.24, 2.45) is 4.99 Å². The fourth-order valence-electron chi connectivity index (χ4n) is 7.77. The summed E-state index contributed by atoms with van der Waals surface area (Å²) < 4.78 is 7.76. The Kier molecular flexibility index (Phi) is 9.70. The molecule has 0 fully saturated rings. The third-order valence-electron chi connectivity index (χ3n) is 11.0. The van der Waals surface area contributed by atoms with Crippen LogP contribution in [0.15, 0.2) is 119 Å². The molecule has 0 spiro atoms. The first-order valence-corrected chi connectivity index (χ1v) is 20.6. The van der Waals surface area contributed by atoms with Crippen LogP contribution in [-0.2, 0) is 5.41 Å². The van der Waals surface area contributed by atoms with Crippen molar-refractivity contribution >= 4 is 55.4 Å². The van der Waals surface area contributed by atoms with Crippen LogP contribution in [0.2, 0.25) is 0 Å². The maximum Gasteiger partial charge on any atom is 0.143 e. The van der Waals surface area contributed by atoms with Crippen LogP contribution in [0.1, 0.15) is 108 Å². The highest BCUT2D eigenvalue weighted by Gasteiger charge is 2.24. The van der Waals surface area contributed by atoms with Gasteiger partial charge in [-0.05, 0) is 99.0 Å².